The lowest BCUT2D eigenvalue weighted by Crippen LogP contribution is -2.46. The fourth-order valence-corrected chi connectivity index (χ4v) is 4.01. The zero-order chi connectivity index (χ0) is 12.4. The number of fused-ring (bicyclic) bond motifs is 1. The van der Waals surface area contributed by atoms with Gasteiger partial charge in [0.15, 0.2) is 0 Å². The number of aryl methyl sites for hydroxylation is 2. The van der Waals surface area contributed by atoms with Gasteiger partial charge in [-0.2, -0.15) is 0 Å². The van der Waals surface area contributed by atoms with Gasteiger partial charge in [0, 0.05) is 22.8 Å². The van der Waals surface area contributed by atoms with E-state index >= 15 is 0 Å². The van der Waals surface area contributed by atoms with Gasteiger partial charge in [-0.15, -0.1) is 11.3 Å². The van der Waals surface area contributed by atoms with E-state index in [-0.39, 0.29) is 0 Å². The molecule has 100 valence electrons. The molecule has 1 unspecified atom stereocenters. The van der Waals surface area contributed by atoms with E-state index in [1.165, 1.54) is 30.6 Å². The molecule has 0 aromatic carbocycles. The third-order valence-corrected chi connectivity index (χ3v) is 5.25. The lowest BCUT2D eigenvalue weighted by atomic mass is 9.99. The highest BCUT2D eigenvalue weighted by molar-refractivity contribution is 7.12. The molecule has 3 nitrogen and oxygen atoms in total. The van der Waals surface area contributed by atoms with Crippen molar-refractivity contribution in [1.82, 2.24) is 10.4 Å². The van der Waals surface area contributed by atoms with Crippen molar-refractivity contribution in [3.8, 4) is 0 Å². The summed E-state index contributed by atoms with van der Waals surface area (Å²) in [5, 5.41) is 2.30. The number of thiophene rings is 1. The van der Waals surface area contributed by atoms with Crippen LogP contribution in [0.15, 0.2) is 6.07 Å². The highest BCUT2D eigenvalue weighted by atomic mass is 32.1. The van der Waals surface area contributed by atoms with Gasteiger partial charge in [-0.25, -0.2) is 10.4 Å². The molecule has 0 amide bonds. The van der Waals surface area contributed by atoms with Crippen LogP contribution in [0.1, 0.15) is 41.1 Å². The highest BCUT2D eigenvalue weighted by Gasteiger charge is 2.19. The molecular weight excluding hydrogens is 244 g/mol. The number of rotatable bonds is 3. The topological polar surface area (TPSA) is 24.5 Å². The largest absolute Gasteiger partial charge is 0.379 e. The van der Waals surface area contributed by atoms with Gasteiger partial charge in [-0.1, -0.05) is 0 Å². The monoisotopic (exact) mass is 266 g/mol. The van der Waals surface area contributed by atoms with E-state index < -0.39 is 0 Å². The van der Waals surface area contributed by atoms with E-state index in [0.29, 0.717) is 6.04 Å². The predicted octanol–water partition coefficient (Wildman–Crippen LogP) is 2.52. The Morgan fingerprint density at radius 3 is 2.83 bits per heavy atom. The second kappa shape index (κ2) is 5.70. The normalized spacial score (nSPS) is 22.7. The minimum absolute atomic E-state index is 0.429. The fourth-order valence-electron chi connectivity index (χ4n) is 2.76. The number of morpholine rings is 1. The molecule has 1 aliphatic heterocycles. The zero-order valence-electron chi connectivity index (χ0n) is 11.1. The van der Waals surface area contributed by atoms with Crippen LogP contribution in [0.5, 0.6) is 0 Å². The summed E-state index contributed by atoms with van der Waals surface area (Å²) in [5.74, 6) is 0. The quantitative estimate of drug-likeness (QED) is 0.910. The molecule has 2 aliphatic rings. The lowest BCUT2D eigenvalue weighted by Gasteiger charge is -2.29. The average Bonchev–Trinajstić information content (AvgIpc) is 2.84. The molecule has 4 heteroatoms. The number of ether oxygens (including phenoxy) is 1. The van der Waals surface area contributed by atoms with Crippen molar-refractivity contribution in [1.29, 1.82) is 0 Å². The van der Waals surface area contributed by atoms with Crippen molar-refractivity contribution in [2.45, 2.75) is 38.6 Å². The van der Waals surface area contributed by atoms with Crippen molar-refractivity contribution in [3.05, 3.63) is 21.4 Å². The van der Waals surface area contributed by atoms with Crippen LogP contribution in [0.3, 0.4) is 0 Å². The molecule has 0 saturated carbocycles. The van der Waals surface area contributed by atoms with Gasteiger partial charge in [-0.3, -0.25) is 0 Å². The molecule has 1 N–H and O–H groups in total. The van der Waals surface area contributed by atoms with Gasteiger partial charge >= 0.3 is 0 Å². The van der Waals surface area contributed by atoms with Gasteiger partial charge in [0.2, 0.25) is 0 Å². The van der Waals surface area contributed by atoms with E-state index in [0.717, 1.165) is 26.3 Å². The van der Waals surface area contributed by atoms with E-state index in [1.807, 2.05) is 11.3 Å². The number of nitrogens with zero attached hydrogens (tertiary/aromatic N) is 1. The van der Waals surface area contributed by atoms with Crippen molar-refractivity contribution >= 4 is 11.3 Å². The molecule has 1 aliphatic carbocycles. The van der Waals surface area contributed by atoms with Crippen LogP contribution in [0.2, 0.25) is 0 Å². The minimum atomic E-state index is 0.429. The Morgan fingerprint density at radius 2 is 2.06 bits per heavy atom. The Hall–Kier alpha value is -0.420. The summed E-state index contributed by atoms with van der Waals surface area (Å²) in [6.45, 7) is 5.96. The maximum atomic E-state index is 5.37. The maximum absolute atomic E-state index is 5.37. The third-order valence-electron chi connectivity index (χ3n) is 3.83. The third kappa shape index (κ3) is 2.77. The first kappa shape index (κ1) is 12.6. The van der Waals surface area contributed by atoms with Gasteiger partial charge in [0.25, 0.3) is 0 Å². The van der Waals surface area contributed by atoms with Crippen molar-refractivity contribution in [2.75, 3.05) is 26.3 Å². The zero-order valence-corrected chi connectivity index (χ0v) is 11.9. The van der Waals surface area contributed by atoms with E-state index in [1.54, 1.807) is 10.4 Å². The summed E-state index contributed by atoms with van der Waals surface area (Å²) in [5.41, 5.74) is 5.22. The Kier molecular flexibility index (Phi) is 3.99. The van der Waals surface area contributed by atoms with E-state index in [9.17, 15) is 0 Å². The Morgan fingerprint density at radius 1 is 1.28 bits per heavy atom. The standard InChI is InChI=1S/C14H22N2OS/c1-11(15-16-6-8-17-9-7-16)14-10-12-4-2-3-5-13(12)18-14/h10-11,15H,2-9H2,1H3. The molecule has 3 rings (SSSR count). The van der Waals surface area contributed by atoms with E-state index in [2.05, 4.69) is 23.4 Å². The lowest BCUT2D eigenvalue weighted by molar-refractivity contribution is 0.00511. The van der Waals surface area contributed by atoms with Crippen LogP contribution in [0.25, 0.3) is 0 Å². The first-order valence-electron chi connectivity index (χ1n) is 7.03. The summed E-state index contributed by atoms with van der Waals surface area (Å²) in [7, 11) is 0. The molecule has 1 aromatic heterocycles. The molecule has 0 bridgehead atoms. The van der Waals surface area contributed by atoms with Gasteiger partial charge in [-0.05, 0) is 44.2 Å². The molecule has 1 aromatic rings. The summed E-state index contributed by atoms with van der Waals surface area (Å²) >= 11 is 2.01. The van der Waals surface area contributed by atoms with Crippen LogP contribution in [0.4, 0.5) is 0 Å². The smallest absolute Gasteiger partial charge is 0.0608 e. The Labute approximate surface area is 113 Å². The highest BCUT2D eigenvalue weighted by Crippen LogP contribution is 2.32. The molecule has 0 radical (unpaired) electrons. The maximum Gasteiger partial charge on any atom is 0.0608 e. The van der Waals surface area contributed by atoms with Crippen LogP contribution in [-0.4, -0.2) is 31.3 Å². The summed E-state index contributed by atoms with van der Waals surface area (Å²) in [6, 6.07) is 2.86. The van der Waals surface area contributed by atoms with Crippen molar-refractivity contribution in [2.24, 2.45) is 0 Å². The summed E-state index contributed by atoms with van der Waals surface area (Å²) in [4.78, 5) is 3.13. The molecule has 1 atom stereocenters. The van der Waals surface area contributed by atoms with E-state index in [4.69, 9.17) is 4.74 Å². The summed E-state index contributed by atoms with van der Waals surface area (Å²) < 4.78 is 5.37. The van der Waals surface area contributed by atoms with Crippen LogP contribution in [0, 0.1) is 0 Å². The predicted molar refractivity (Wildman–Crippen MR) is 74.9 cm³/mol. The first-order chi connectivity index (χ1) is 8.83. The number of hydrazine groups is 1. The van der Waals surface area contributed by atoms with Gasteiger partial charge in [0.05, 0.1) is 19.3 Å². The molecule has 1 saturated heterocycles. The average molecular weight is 266 g/mol. The molecule has 18 heavy (non-hydrogen) atoms. The Bertz CT molecular complexity index is 375. The molecular formula is C14H22N2OS. The van der Waals surface area contributed by atoms with Crippen LogP contribution < -0.4 is 5.43 Å². The number of hydrogen-bond donors (Lipinski definition) is 1. The second-order valence-electron chi connectivity index (χ2n) is 5.25. The van der Waals surface area contributed by atoms with Gasteiger partial charge < -0.3 is 4.74 Å². The van der Waals surface area contributed by atoms with Crippen molar-refractivity contribution in [3.63, 3.8) is 0 Å². The number of nitrogens with one attached hydrogen (secondary N) is 1. The Balaban J connectivity index is 1.64. The number of hydrogen-bond acceptors (Lipinski definition) is 4. The second-order valence-corrected chi connectivity index (χ2v) is 6.42. The minimum Gasteiger partial charge on any atom is -0.379 e. The molecule has 1 fully saturated rings. The fraction of sp³-hybridized carbons (Fsp3) is 0.714. The summed E-state index contributed by atoms with van der Waals surface area (Å²) in [6.07, 6.45) is 5.33. The van der Waals surface area contributed by atoms with Gasteiger partial charge in [0.1, 0.15) is 0 Å². The first-order valence-corrected chi connectivity index (χ1v) is 7.85. The van der Waals surface area contributed by atoms with Crippen molar-refractivity contribution < 1.29 is 4.74 Å². The van der Waals surface area contributed by atoms with Crippen LogP contribution in [-0.2, 0) is 17.6 Å². The SMILES string of the molecule is CC(NN1CCOCC1)c1cc2c(s1)CCCC2. The molecule has 2 heterocycles. The van der Waals surface area contributed by atoms with Crippen LogP contribution >= 0.6 is 11.3 Å². The molecule has 0 spiro atoms.